The summed E-state index contributed by atoms with van der Waals surface area (Å²) < 4.78 is 6.90. The summed E-state index contributed by atoms with van der Waals surface area (Å²) in [6.45, 7) is 7.76. The number of rotatable bonds is 5. The first-order chi connectivity index (χ1) is 14.6. The van der Waals surface area contributed by atoms with E-state index in [4.69, 9.17) is 9.73 Å². The van der Waals surface area contributed by atoms with Gasteiger partial charge in [-0.25, -0.2) is 0 Å². The number of unbranched alkanes of at least 4 members (excludes halogenated alkanes) is 3. The molecule has 4 heteroatoms. The van der Waals surface area contributed by atoms with Gasteiger partial charge < -0.3 is 9.64 Å². The lowest BCUT2D eigenvalue weighted by Gasteiger charge is -2.46. The highest BCUT2D eigenvalue weighted by atomic mass is 16.5. The summed E-state index contributed by atoms with van der Waals surface area (Å²) in [5.74, 6) is 0.831. The number of anilines is 1. The van der Waals surface area contributed by atoms with Crippen LogP contribution in [0.1, 0.15) is 52.0 Å². The number of hydrogen-bond donors (Lipinski definition) is 0. The molecule has 2 aliphatic rings. The van der Waals surface area contributed by atoms with Gasteiger partial charge in [-0.15, -0.1) is 0 Å². The molecule has 0 bridgehead atoms. The molecule has 0 saturated heterocycles. The molecule has 0 saturated carbocycles. The predicted octanol–water partition coefficient (Wildman–Crippen LogP) is 6.40. The number of fused-ring (bicyclic) bond motifs is 4. The summed E-state index contributed by atoms with van der Waals surface area (Å²) in [5.41, 5.74) is 2.59. The van der Waals surface area contributed by atoms with Crippen molar-refractivity contribution in [3.8, 4) is 5.75 Å². The standard InChI is InChI=1S/C26H29N3O/c1-4-5-6-9-16-29-22-11-8-7-10-21(22)25(2,3)26(29)18-28-24-20-17-27-15-14-19(20)12-13-23(24)30-26/h7-8,10-15,17-18H,4-6,9,16H2,1-3H3. The third-order valence-electron chi connectivity index (χ3n) is 6.79. The van der Waals surface area contributed by atoms with E-state index in [1.165, 1.54) is 30.5 Å². The largest absolute Gasteiger partial charge is 0.459 e. The monoisotopic (exact) mass is 399 g/mol. The molecule has 1 spiro atoms. The molecule has 0 fully saturated rings. The van der Waals surface area contributed by atoms with Gasteiger partial charge >= 0.3 is 0 Å². The van der Waals surface area contributed by atoms with Crippen molar-refractivity contribution in [2.24, 2.45) is 4.99 Å². The Morgan fingerprint density at radius 3 is 2.73 bits per heavy atom. The molecule has 30 heavy (non-hydrogen) atoms. The van der Waals surface area contributed by atoms with Crippen molar-refractivity contribution >= 4 is 28.4 Å². The quantitative estimate of drug-likeness (QED) is 0.466. The summed E-state index contributed by atoms with van der Waals surface area (Å²) in [6, 6.07) is 14.9. The molecule has 2 aliphatic heterocycles. The summed E-state index contributed by atoms with van der Waals surface area (Å²) in [7, 11) is 0. The van der Waals surface area contributed by atoms with Crippen LogP contribution in [-0.4, -0.2) is 23.5 Å². The lowest BCUT2D eigenvalue weighted by atomic mass is 9.77. The fraction of sp³-hybridized carbons (Fsp3) is 0.385. The molecule has 1 unspecified atom stereocenters. The fourth-order valence-corrected chi connectivity index (χ4v) is 5.03. The Morgan fingerprint density at radius 1 is 1.00 bits per heavy atom. The van der Waals surface area contributed by atoms with E-state index in [2.05, 4.69) is 67.1 Å². The maximum absolute atomic E-state index is 6.90. The van der Waals surface area contributed by atoms with Crippen molar-refractivity contribution in [1.82, 2.24) is 4.98 Å². The van der Waals surface area contributed by atoms with Crippen molar-refractivity contribution in [3.63, 3.8) is 0 Å². The average molecular weight is 400 g/mol. The van der Waals surface area contributed by atoms with Gasteiger partial charge in [0.15, 0.2) is 0 Å². The van der Waals surface area contributed by atoms with Crippen molar-refractivity contribution in [3.05, 3.63) is 60.4 Å². The minimum Gasteiger partial charge on any atom is -0.459 e. The Morgan fingerprint density at radius 2 is 1.87 bits per heavy atom. The van der Waals surface area contributed by atoms with Crippen LogP contribution in [0.5, 0.6) is 5.75 Å². The molecular weight excluding hydrogens is 370 g/mol. The zero-order valence-corrected chi connectivity index (χ0v) is 18.1. The highest BCUT2D eigenvalue weighted by Crippen LogP contribution is 2.54. The molecule has 3 aromatic rings. The molecule has 5 rings (SSSR count). The van der Waals surface area contributed by atoms with Gasteiger partial charge in [0.1, 0.15) is 11.4 Å². The van der Waals surface area contributed by atoms with Gasteiger partial charge in [0.2, 0.25) is 5.72 Å². The van der Waals surface area contributed by atoms with Gasteiger partial charge in [-0.05, 0) is 49.4 Å². The first kappa shape index (κ1) is 19.1. The number of ether oxygens (including phenoxy) is 1. The lowest BCUT2D eigenvalue weighted by molar-refractivity contribution is 0.0774. The summed E-state index contributed by atoms with van der Waals surface area (Å²) >= 11 is 0. The molecule has 154 valence electrons. The van der Waals surface area contributed by atoms with E-state index >= 15 is 0 Å². The van der Waals surface area contributed by atoms with Crippen LogP contribution in [0.4, 0.5) is 11.4 Å². The van der Waals surface area contributed by atoms with E-state index in [1.807, 2.05) is 24.7 Å². The first-order valence-corrected chi connectivity index (χ1v) is 11.1. The maximum atomic E-state index is 6.90. The Kier molecular flexibility index (Phi) is 4.53. The van der Waals surface area contributed by atoms with Gasteiger partial charge in [0.25, 0.3) is 0 Å². The van der Waals surface area contributed by atoms with E-state index in [0.717, 1.165) is 35.2 Å². The van der Waals surface area contributed by atoms with Gasteiger partial charge in [-0.1, -0.05) is 50.5 Å². The maximum Gasteiger partial charge on any atom is 0.228 e. The molecule has 0 N–H and O–H groups in total. The van der Waals surface area contributed by atoms with Crippen LogP contribution in [0, 0.1) is 0 Å². The van der Waals surface area contributed by atoms with Crippen molar-refractivity contribution in [1.29, 1.82) is 0 Å². The smallest absolute Gasteiger partial charge is 0.228 e. The topological polar surface area (TPSA) is 37.7 Å². The van der Waals surface area contributed by atoms with Crippen LogP contribution in [-0.2, 0) is 5.41 Å². The van der Waals surface area contributed by atoms with Crippen LogP contribution in [0.2, 0.25) is 0 Å². The average Bonchev–Trinajstić information content (AvgIpc) is 2.95. The van der Waals surface area contributed by atoms with Crippen LogP contribution in [0.3, 0.4) is 0 Å². The summed E-state index contributed by atoms with van der Waals surface area (Å²) in [6.07, 6.45) is 10.6. The van der Waals surface area contributed by atoms with Crippen LogP contribution in [0.15, 0.2) is 59.9 Å². The fourth-order valence-electron chi connectivity index (χ4n) is 5.03. The van der Waals surface area contributed by atoms with Gasteiger partial charge in [0, 0.05) is 30.0 Å². The molecular formula is C26H29N3O. The molecule has 0 radical (unpaired) electrons. The molecule has 1 atom stereocenters. The zero-order valence-electron chi connectivity index (χ0n) is 18.1. The molecule has 2 aromatic carbocycles. The van der Waals surface area contributed by atoms with Gasteiger partial charge in [-0.3, -0.25) is 9.98 Å². The first-order valence-electron chi connectivity index (χ1n) is 11.1. The molecule has 3 heterocycles. The molecule has 4 nitrogen and oxygen atoms in total. The highest BCUT2D eigenvalue weighted by molar-refractivity contribution is 5.99. The number of nitrogens with zero attached hydrogens (tertiary/aromatic N) is 3. The molecule has 0 aliphatic carbocycles. The van der Waals surface area contributed by atoms with Crippen LogP contribution < -0.4 is 9.64 Å². The number of benzene rings is 2. The van der Waals surface area contributed by atoms with Gasteiger partial charge in [-0.2, -0.15) is 0 Å². The number of pyridine rings is 1. The SMILES string of the molecule is CCCCCCN1c2ccccc2C(C)(C)C12C=Nc1c(ccc3ccncc13)O2. The third-order valence-corrected chi connectivity index (χ3v) is 6.79. The van der Waals surface area contributed by atoms with Crippen molar-refractivity contribution in [2.45, 2.75) is 57.6 Å². The summed E-state index contributed by atoms with van der Waals surface area (Å²) in [4.78, 5) is 11.7. The third kappa shape index (κ3) is 2.66. The Bertz CT molecular complexity index is 1120. The summed E-state index contributed by atoms with van der Waals surface area (Å²) in [5, 5.41) is 2.16. The highest BCUT2D eigenvalue weighted by Gasteiger charge is 2.59. The zero-order chi connectivity index (χ0) is 20.8. The van der Waals surface area contributed by atoms with E-state index in [1.54, 1.807) is 0 Å². The van der Waals surface area contributed by atoms with E-state index < -0.39 is 5.72 Å². The number of aromatic nitrogens is 1. The van der Waals surface area contributed by atoms with E-state index in [-0.39, 0.29) is 5.41 Å². The Hall–Kier alpha value is -2.88. The number of aliphatic imine (C=N–C) groups is 1. The van der Waals surface area contributed by atoms with Crippen LogP contribution in [0.25, 0.3) is 10.8 Å². The van der Waals surface area contributed by atoms with E-state index in [9.17, 15) is 0 Å². The van der Waals surface area contributed by atoms with E-state index in [0.29, 0.717) is 0 Å². The number of para-hydroxylation sites is 1. The number of hydrogen-bond acceptors (Lipinski definition) is 4. The minimum atomic E-state index is -0.633. The normalized spacial score (nSPS) is 21.0. The van der Waals surface area contributed by atoms with Crippen molar-refractivity contribution in [2.75, 3.05) is 11.4 Å². The molecule has 0 amide bonds. The second-order valence-electron chi connectivity index (χ2n) is 8.92. The Labute approximate surface area is 178 Å². The van der Waals surface area contributed by atoms with Gasteiger partial charge in [0.05, 0.1) is 11.6 Å². The second-order valence-corrected chi connectivity index (χ2v) is 8.92. The minimum absolute atomic E-state index is 0.237. The van der Waals surface area contributed by atoms with Crippen LogP contribution >= 0.6 is 0 Å². The van der Waals surface area contributed by atoms with Crippen molar-refractivity contribution < 1.29 is 4.74 Å². The second kappa shape index (κ2) is 7.12. The lowest BCUT2D eigenvalue weighted by Crippen LogP contribution is -2.62. The Balaban J connectivity index is 1.61. The predicted molar refractivity (Wildman–Crippen MR) is 124 cm³/mol. The molecule has 1 aromatic heterocycles.